The average Bonchev–Trinajstić information content (AvgIpc) is 1.37. The van der Waals surface area contributed by atoms with Crippen LogP contribution in [0.5, 0.6) is 0 Å². The summed E-state index contributed by atoms with van der Waals surface area (Å²) in [6.07, 6.45) is 0. The molecule has 0 aromatic rings. The highest BCUT2D eigenvalue weighted by atomic mass is 31.1. The molecule has 1 atom stereocenters. The molecule has 26 valence electrons. The van der Waals surface area contributed by atoms with Gasteiger partial charge in [0.05, 0.1) is 15.8 Å². The van der Waals surface area contributed by atoms with Crippen molar-refractivity contribution < 1.29 is 5.09 Å². The standard InChI is InChI=1S/C2H8NP/c1-3-4-2/h3-4H,1-2H3/p+1. The Morgan fingerprint density at radius 3 is 2.00 bits per heavy atom. The minimum absolute atomic E-state index is 1.02. The molecule has 1 unspecified atom stereocenters. The van der Waals surface area contributed by atoms with Crippen molar-refractivity contribution >= 4 is 8.73 Å². The van der Waals surface area contributed by atoms with Gasteiger partial charge in [0.2, 0.25) is 0 Å². The molecule has 0 radical (unpaired) electrons. The van der Waals surface area contributed by atoms with Crippen LogP contribution in [0.1, 0.15) is 0 Å². The quantitative estimate of drug-likeness (QED) is 0.403. The number of hydrogen-bond donors (Lipinski definition) is 1. The number of quaternary nitrogens is 1. The second kappa shape index (κ2) is 3.39. The van der Waals surface area contributed by atoms with Crippen LogP contribution in [0.25, 0.3) is 0 Å². The molecule has 2 heteroatoms. The highest BCUT2D eigenvalue weighted by Gasteiger charge is 1.55. The van der Waals surface area contributed by atoms with Gasteiger partial charge in [-0.1, -0.05) is 0 Å². The van der Waals surface area contributed by atoms with Crippen molar-refractivity contribution in [1.82, 2.24) is 0 Å². The van der Waals surface area contributed by atoms with E-state index in [4.69, 9.17) is 0 Å². The van der Waals surface area contributed by atoms with E-state index >= 15 is 0 Å². The Morgan fingerprint density at radius 2 is 2.00 bits per heavy atom. The van der Waals surface area contributed by atoms with E-state index in [-0.39, 0.29) is 0 Å². The Hall–Kier alpha value is 0.390. The SMILES string of the molecule is C[NH2+]PC. The third-order valence-corrected chi connectivity index (χ3v) is 0.866. The number of hydrogen-bond acceptors (Lipinski definition) is 0. The van der Waals surface area contributed by atoms with Crippen molar-refractivity contribution in [3.05, 3.63) is 0 Å². The second-order valence-electron chi connectivity index (χ2n) is 0.577. The Bertz CT molecular complexity index is 8.00. The number of nitrogens with two attached hydrogens (primary N) is 1. The number of rotatable bonds is 1. The van der Waals surface area contributed by atoms with Gasteiger partial charge in [-0.2, -0.15) is 0 Å². The Kier molecular flexibility index (Phi) is 3.72. The fourth-order valence-corrected chi connectivity index (χ4v) is 0. The van der Waals surface area contributed by atoms with E-state index in [9.17, 15) is 0 Å². The molecular weight excluding hydrogens is 69.0 g/mol. The normalized spacial score (nSPS) is 10.5. The summed E-state index contributed by atoms with van der Waals surface area (Å²) < 4.78 is 0. The average molecular weight is 78.1 g/mol. The third-order valence-electron chi connectivity index (χ3n) is 0.289. The first-order chi connectivity index (χ1) is 1.91. The molecule has 2 N–H and O–H groups in total. The van der Waals surface area contributed by atoms with Crippen LogP contribution in [0, 0.1) is 0 Å². The topological polar surface area (TPSA) is 16.6 Å². The van der Waals surface area contributed by atoms with Crippen molar-refractivity contribution in [2.75, 3.05) is 13.7 Å². The predicted molar refractivity (Wildman–Crippen MR) is 22.1 cm³/mol. The van der Waals surface area contributed by atoms with Crippen LogP contribution in [-0.2, 0) is 0 Å². The molecule has 0 aromatic heterocycles. The molecule has 0 fully saturated rings. The fourth-order valence-electron chi connectivity index (χ4n) is 0. The lowest BCUT2D eigenvalue weighted by atomic mass is 11.6. The van der Waals surface area contributed by atoms with E-state index in [1.165, 1.54) is 0 Å². The lowest BCUT2D eigenvalue weighted by Crippen LogP contribution is -2.67. The van der Waals surface area contributed by atoms with E-state index in [1.807, 2.05) is 0 Å². The van der Waals surface area contributed by atoms with Crippen molar-refractivity contribution in [3.63, 3.8) is 0 Å². The molecule has 1 nitrogen and oxygen atoms in total. The smallest absolute Gasteiger partial charge is 0.0824 e. The van der Waals surface area contributed by atoms with Crippen LogP contribution in [0.4, 0.5) is 0 Å². The summed E-state index contributed by atoms with van der Waals surface area (Å²) in [4.78, 5) is 0. The van der Waals surface area contributed by atoms with E-state index in [0.717, 1.165) is 8.73 Å². The van der Waals surface area contributed by atoms with E-state index in [1.54, 1.807) is 0 Å². The van der Waals surface area contributed by atoms with Crippen LogP contribution >= 0.6 is 8.73 Å². The summed E-state index contributed by atoms with van der Waals surface area (Å²) in [5, 5.41) is 2.15. The summed E-state index contributed by atoms with van der Waals surface area (Å²) in [5.41, 5.74) is 0. The highest BCUT2D eigenvalue weighted by molar-refractivity contribution is 7.28. The van der Waals surface area contributed by atoms with E-state index in [0.29, 0.717) is 0 Å². The maximum Gasteiger partial charge on any atom is 0.0824 e. The van der Waals surface area contributed by atoms with Crippen LogP contribution in [0.2, 0.25) is 0 Å². The summed E-state index contributed by atoms with van der Waals surface area (Å²) >= 11 is 0. The Balaban J connectivity index is 1.97. The van der Waals surface area contributed by atoms with E-state index < -0.39 is 0 Å². The summed E-state index contributed by atoms with van der Waals surface area (Å²) in [7, 11) is 3.08. The molecular formula is C2H9NP+. The van der Waals surface area contributed by atoms with Gasteiger partial charge in [0, 0.05) is 6.66 Å². The summed E-state index contributed by atoms with van der Waals surface area (Å²) in [6, 6.07) is 0. The molecule has 0 aliphatic heterocycles. The van der Waals surface area contributed by atoms with Gasteiger partial charge in [-0.05, 0) is 0 Å². The van der Waals surface area contributed by atoms with Gasteiger partial charge < -0.3 is 5.09 Å². The zero-order valence-corrected chi connectivity index (χ0v) is 4.08. The third kappa shape index (κ3) is 2.39. The highest BCUT2D eigenvalue weighted by Crippen LogP contribution is 1.71. The van der Waals surface area contributed by atoms with Crippen LogP contribution in [0.3, 0.4) is 0 Å². The first-order valence-electron chi connectivity index (χ1n) is 1.37. The minimum Gasteiger partial charge on any atom is -0.337 e. The monoisotopic (exact) mass is 78.0 g/mol. The largest absolute Gasteiger partial charge is 0.337 e. The van der Waals surface area contributed by atoms with Gasteiger partial charge in [0.1, 0.15) is 0 Å². The molecule has 0 amide bonds. The second-order valence-corrected chi connectivity index (χ2v) is 1.73. The summed E-state index contributed by atoms with van der Waals surface area (Å²) in [6.45, 7) is 2.15. The molecule has 0 heterocycles. The zero-order valence-electron chi connectivity index (χ0n) is 3.08. The van der Waals surface area contributed by atoms with Crippen LogP contribution < -0.4 is 5.09 Å². The van der Waals surface area contributed by atoms with Crippen molar-refractivity contribution in [3.8, 4) is 0 Å². The van der Waals surface area contributed by atoms with Crippen molar-refractivity contribution in [2.24, 2.45) is 0 Å². The molecule has 0 saturated heterocycles. The van der Waals surface area contributed by atoms with Crippen molar-refractivity contribution in [2.45, 2.75) is 0 Å². The Labute approximate surface area is 28.6 Å². The first-order valence-corrected chi connectivity index (χ1v) is 2.94. The lowest BCUT2D eigenvalue weighted by molar-refractivity contribution is -0.453. The van der Waals surface area contributed by atoms with Crippen LogP contribution in [-0.4, -0.2) is 13.7 Å². The molecule has 0 aliphatic carbocycles. The van der Waals surface area contributed by atoms with E-state index in [2.05, 4.69) is 18.8 Å². The first kappa shape index (κ1) is 4.39. The molecule has 0 spiro atoms. The molecule has 0 bridgehead atoms. The van der Waals surface area contributed by atoms with Gasteiger partial charge in [-0.3, -0.25) is 0 Å². The maximum atomic E-state index is 2.15. The van der Waals surface area contributed by atoms with Gasteiger partial charge in [0.15, 0.2) is 0 Å². The van der Waals surface area contributed by atoms with Gasteiger partial charge in [0.25, 0.3) is 0 Å². The predicted octanol–water partition coefficient (Wildman–Crippen LogP) is -0.597. The molecule has 0 saturated carbocycles. The van der Waals surface area contributed by atoms with Crippen LogP contribution in [0.15, 0.2) is 0 Å². The molecule has 0 aromatic carbocycles. The lowest BCUT2D eigenvalue weighted by Gasteiger charge is -1.72. The maximum absolute atomic E-state index is 2.15. The van der Waals surface area contributed by atoms with Crippen molar-refractivity contribution in [1.29, 1.82) is 0 Å². The van der Waals surface area contributed by atoms with Gasteiger partial charge in [-0.25, -0.2) is 0 Å². The van der Waals surface area contributed by atoms with Gasteiger partial charge >= 0.3 is 0 Å². The molecule has 0 rings (SSSR count). The molecule has 0 aliphatic rings. The zero-order chi connectivity index (χ0) is 3.41. The molecule has 4 heavy (non-hydrogen) atoms. The fraction of sp³-hybridized carbons (Fsp3) is 1.00. The van der Waals surface area contributed by atoms with Gasteiger partial charge in [-0.15, -0.1) is 0 Å². The Morgan fingerprint density at radius 1 is 1.75 bits per heavy atom. The minimum atomic E-state index is 1.02. The summed E-state index contributed by atoms with van der Waals surface area (Å²) in [5.74, 6) is 0.